The number of ketones is 2. The van der Waals surface area contributed by atoms with E-state index in [1.807, 2.05) is 0 Å². The molecule has 0 aromatic heterocycles. The van der Waals surface area contributed by atoms with Gasteiger partial charge in [0.1, 0.15) is 23.4 Å². The van der Waals surface area contributed by atoms with Gasteiger partial charge in [0.25, 0.3) is 0 Å². The Bertz CT molecular complexity index is 490. The Kier molecular flexibility index (Phi) is 9.62. The molecule has 2 N–H and O–H groups in total. The van der Waals surface area contributed by atoms with Crippen LogP contribution in [0.1, 0.15) is 74.1 Å². The van der Waals surface area contributed by atoms with Crippen LogP contribution >= 0.6 is 0 Å². The Labute approximate surface area is 156 Å². The van der Waals surface area contributed by atoms with Crippen LogP contribution in [0.2, 0.25) is 0 Å². The lowest BCUT2D eigenvalue weighted by molar-refractivity contribution is -0.185. The van der Waals surface area contributed by atoms with E-state index in [0.29, 0.717) is 12.8 Å². The van der Waals surface area contributed by atoms with E-state index < -0.39 is 47.0 Å². The zero-order valence-electron chi connectivity index (χ0n) is 17.0. The minimum Gasteiger partial charge on any atom is -0.479 e. The van der Waals surface area contributed by atoms with E-state index >= 15 is 0 Å². The highest BCUT2D eigenvalue weighted by atomic mass is 16.5. The second kappa shape index (κ2) is 10.1. The van der Waals surface area contributed by atoms with Crippen molar-refractivity contribution in [1.29, 1.82) is 0 Å². The van der Waals surface area contributed by atoms with E-state index in [4.69, 9.17) is 14.6 Å². The lowest BCUT2D eigenvalue weighted by atomic mass is 9.86. The maximum atomic E-state index is 13.1. The third-order valence-corrected chi connectivity index (χ3v) is 5.08. The third kappa shape index (κ3) is 5.34. The van der Waals surface area contributed by atoms with Crippen LogP contribution in [-0.4, -0.2) is 57.3 Å². The number of aliphatic carboxylic acids is 1. The van der Waals surface area contributed by atoms with Crippen molar-refractivity contribution < 1.29 is 34.1 Å². The first-order valence-electron chi connectivity index (χ1n) is 9.31. The molecular formula is C19H34O7. The van der Waals surface area contributed by atoms with Gasteiger partial charge in [0.15, 0.2) is 17.7 Å². The van der Waals surface area contributed by atoms with Gasteiger partial charge in [-0.3, -0.25) is 9.59 Å². The summed E-state index contributed by atoms with van der Waals surface area (Å²) in [7, 11) is 0. The number of carbonyl (C=O) groups excluding carboxylic acids is 2. The Hall–Kier alpha value is -1.31. The highest BCUT2D eigenvalue weighted by molar-refractivity contribution is 5.93. The van der Waals surface area contributed by atoms with Gasteiger partial charge >= 0.3 is 5.97 Å². The Morgan fingerprint density at radius 3 is 1.42 bits per heavy atom. The molecule has 0 rings (SSSR count). The standard InChI is InChI=1S/C19H34O7/c1-8-18(9-2,15(21)12(5)20)25-13(6)16(22)19(10-3,11-4)26-14(7)17(23)24/h12-14,20H,8-11H2,1-7H3,(H,23,24). The zero-order chi connectivity index (χ0) is 20.7. The van der Waals surface area contributed by atoms with Gasteiger partial charge in [-0.1, -0.05) is 27.7 Å². The quantitative estimate of drug-likeness (QED) is 0.509. The van der Waals surface area contributed by atoms with Crippen LogP contribution in [0, 0.1) is 0 Å². The summed E-state index contributed by atoms with van der Waals surface area (Å²) in [5.41, 5.74) is -2.58. The van der Waals surface area contributed by atoms with Gasteiger partial charge in [-0.2, -0.15) is 0 Å². The van der Waals surface area contributed by atoms with Crippen molar-refractivity contribution in [3.05, 3.63) is 0 Å². The number of carbonyl (C=O) groups is 3. The predicted molar refractivity (Wildman–Crippen MR) is 97.1 cm³/mol. The molecule has 0 aliphatic rings. The maximum absolute atomic E-state index is 13.1. The molecule has 7 nitrogen and oxygen atoms in total. The lowest BCUT2D eigenvalue weighted by Gasteiger charge is -2.38. The molecule has 0 heterocycles. The Morgan fingerprint density at radius 1 is 0.769 bits per heavy atom. The second-order valence-electron chi connectivity index (χ2n) is 6.67. The molecule has 0 saturated heterocycles. The first kappa shape index (κ1) is 24.7. The highest BCUT2D eigenvalue weighted by Crippen LogP contribution is 2.31. The van der Waals surface area contributed by atoms with Crippen LogP contribution < -0.4 is 0 Å². The molecule has 0 bridgehead atoms. The van der Waals surface area contributed by atoms with Crippen LogP contribution in [0.4, 0.5) is 0 Å². The number of aliphatic hydroxyl groups is 1. The molecule has 3 unspecified atom stereocenters. The van der Waals surface area contributed by atoms with Crippen molar-refractivity contribution in [3.8, 4) is 0 Å². The Morgan fingerprint density at radius 2 is 1.12 bits per heavy atom. The van der Waals surface area contributed by atoms with Gasteiger partial charge < -0.3 is 19.7 Å². The van der Waals surface area contributed by atoms with Crippen molar-refractivity contribution >= 4 is 17.5 Å². The summed E-state index contributed by atoms with van der Waals surface area (Å²) in [6, 6.07) is 0. The largest absolute Gasteiger partial charge is 0.479 e. The molecule has 0 aliphatic heterocycles. The van der Waals surface area contributed by atoms with E-state index in [1.165, 1.54) is 20.8 Å². The molecule has 0 amide bonds. The van der Waals surface area contributed by atoms with Gasteiger partial charge in [-0.25, -0.2) is 4.79 Å². The van der Waals surface area contributed by atoms with Crippen molar-refractivity contribution in [2.45, 2.75) is 104 Å². The second-order valence-corrected chi connectivity index (χ2v) is 6.67. The fourth-order valence-electron chi connectivity index (χ4n) is 3.18. The van der Waals surface area contributed by atoms with Crippen LogP contribution in [-0.2, 0) is 23.9 Å². The van der Waals surface area contributed by atoms with Crippen LogP contribution in [0.25, 0.3) is 0 Å². The van der Waals surface area contributed by atoms with Crippen LogP contribution in [0.3, 0.4) is 0 Å². The maximum Gasteiger partial charge on any atom is 0.332 e. The van der Waals surface area contributed by atoms with Crippen molar-refractivity contribution in [1.82, 2.24) is 0 Å². The van der Waals surface area contributed by atoms with E-state index in [2.05, 4.69) is 0 Å². The van der Waals surface area contributed by atoms with Crippen LogP contribution in [0.15, 0.2) is 0 Å². The molecule has 0 fully saturated rings. The normalized spacial score (nSPS) is 16.0. The minimum absolute atomic E-state index is 0.281. The monoisotopic (exact) mass is 374 g/mol. The van der Waals surface area contributed by atoms with Gasteiger partial charge in [0.05, 0.1) is 0 Å². The summed E-state index contributed by atoms with van der Waals surface area (Å²) in [5, 5.41) is 18.8. The number of carboxylic acids is 1. The summed E-state index contributed by atoms with van der Waals surface area (Å²) in [6.07, 6.45) is -2.16. The Balaban J connectivity index is 5.65. The molecule has 0 saturated carbocycles. The predicted octanol–water partition coefficient (Wildman–Crippen LogP) is 2.52. The van der Waals surface area contributed by atoms with Gasteiger partial charge in [-0.15, -0.1) is 0 Å². The topological polar surface area (TPSA) is 110 Å². The van der Waals surface area contributed by atoms with E-state index in [9.17, 15) is 19.5 Å². The molecule has 0 aromatic carbocycles. The van der Waals surface area contributed by atoms with Crippen LogP contribution in [0.5, 0.6) is 0 Å². The van der Waals surface area contributed by atoms with E-state index in [0.717, 1.165) is 0 Å². The lowest BCUT2D eigenvalue weighted by Crippen LogP contribution is -2.54. The summed E-state index contributed by atoms with van der Waals surface area (Å²) in [6.45, 7) is 11.3. The third-order valence-electron chi connectivity index (χ3n) is 5.08. The first-order chi connectivity index (χ1) is 12.0. The molecule has 3 atom stereocenters. The molecule has 0 radical (unpaired) electrons. The summed E-state index contributed by atoms with van der Waals surface area (Å²) < 4.78 is 11.5. The molecule has 0 aliphatic carbocycles. The van der Waals surface area contributed by atoms with Crippen molar-refractivity contribution in [2.75, 3.05) is 0 Å². The van der Waals surface area contributed by atoms with E-state index in [1.54, 1.807) is 27.7 Å². The minimum atomic E-state index is -1.31. The van der Waals surface area contributed by atoms with Gasteiger partial charge in [0.2, 0.25) is 0 Å². The summed E-state index contributed by atoms with van der Waals surface area (Å²) in [5.74, 6) is -2.03. The van der Waals surface area contributed by atoms with Gasteiger partial charge in [-0.05, 0) is 46.5 Å². The fraction of sp³-hybridized carbons (Fsp3) is 0.842. The molecule has 26 heavy (non-hydrogen) atoms. The molecule has 0 spiro atoms. The number of ether oxygens (including phenoxy) is 2. The number of hydrogen-bond donors (Lipinski definition) is 2. The fourth-order valence-corrected chi connectivity index (χ4v) is 3.18. The van der Waals surface area contributed by atoms with E-state index in [-0.39, 0.29) is 12.8 Å². The highest BCUT2D eigenvalue weighted by Gasteiger charge is 2.46. The summed E-state index contributed by atoms with van der Waals surface area (Å²) >= 11 is 0. The van der Waals surface area contributed by atoms with Crippen molar-refractivity contribution in [3.63, 3.8) is 0 Å². The average Bonchev–Trinajstić information content (AvgIpc) is 2.62. The smallest absolute Gasteiger partial charge is 0.332 e. The molecular weight excluding hydrogens is 340 g/mol. The zero-order valence-corrected chi connectivity index (χ0v) is 17.0. The average molecular weight is 374 g/mol. The number of Topliss-reactive ketones (excluding diaryl/α,β-unsaturated/α-hetero) is 2. The first-order valence-corrected chi connectivity index (χ1v) is 9.31. The molecule has 152 valence electrons. The molecule has 0 aromatic rings. The number of rotatable bonds is 13. The van der Waals surface area contributed by atoms with Gasteiger partial charge in [0, 0.05) is 0 Å². The molecule has 7 heteroatoms. The number of aliphatic hydroxyl groups excluding tert-OH is 1. The SMILES string of the molecule is CCC(CC)(OC(C)C(=O)C(CC)(CC)OC(C)C(=O)O)C(=O)C(C)O. The summed E-state index contributed by atoms with van der Waals surface area (Å²) in [4.78, 5) is 36.7. The van der Waals surface area contributed by atoms with Crippen molar-refractivity contribution in [2.24, 2.45) is 0 Å². The number of hydrogen-bond acceptors (Lipinski definition) is 6. The number of carboxylic acid groups (broad SMARTS) is 1.